The highest BCUT2D eigenvalue weighted by Gasteiger charge is 2.17. The minimum absolute atomic E-state index is 0.154. The molecule has 178 valence electrons. The molecule has 8 nitrogen and oxygen atoms in total. The van der Waals surface area contributed by atoms with Gasteiger partial charge in [-0.05, 0) is 61.4 Å². The van der Waals surface area contributed by atoms with E-state index in [4.69, 9.17) is 4.74 Å². The Morgan fingerprint density at radius 2 is 1.71 bits per heavy atom. The summed E-state index contributed by atoms with van der Waals surface area (Å²) in [6.07, 6.45) is 6.05. The van der Waals surface area contributed by atoms with Crippen LogP contribution in [0.1, 0.15) is 48.8 Å². The Morgan fingerprint density at radius 3 is 2.41 bits per heavy atom. The highest BCUT2D eigenvalue weighted by molar-refractivity contribution is 7.99. The summed E-state index contributed by atoms with van der Waals surface area (Å²) < 4.78 is 5.41. The summed E-state index contributed by atoms with van der Waals surface area (Å²) in [5.41, 5.74) is 1.80. The van der Waals surface area contributed by atoms with Crippen molar-refractivity contribution in [3.63, 3.8) is 0 Å². The third kappa shape index (κ3) is 6.84. The minimum Gasteiger partial charge on any atom is -0.494 e. The Labute approximate surface area is 203 Å². The van der Waals surface area contributed by atoms with Gasteiger partial charge in [0, 0.05) is 23.4 Å². The Balaban J connectivity index is 1.22. The van der Waals surface area contributed by atoms with Crippen molar-refractivity contribution in [3.05, 3.63) is 59.9 Å². The molecule has 2 aromatic carbocycles. The van der Waals surface area contributed by atoms with E-state index in [1.807, 2.05) is 19.1 Å². The van der Waals surface area contributed by atoms with Crippen LogP contribution in [0, 0.1) is 5.92 Å². The van der Waals surface area contributed by atoms with Crippen molar-refractivity contribution in [1.82, 2.24) is 15.2 Å². The molecule has 0 radical (unpaired) electrons. The fourth-order valence-electron chi connectivity index (χ4n) is 3.96. The number of H-pyrrole nitrogens is 1. The molecule has 1 heterocycles. The zero-order valence-electron chi connectivity index (χ0n) is 19.2. The van der Waals surface area contributed by atoms with Crippen LogP contribution in [0.5, 0.6) is 5.75 Å². The van der Waals surface area contributed by atoms with Crippen molar-refractivity contribution in [1.29, 1.82) is 0 Å². The van der Waals surface area contributed by atoms with Gasteiger partial charge >= 0.3 is 0 Å². The number of carbonyl (C=O) groups excluding carboxylic acids is 2. The third-order valence-electron chi connectivity index (χ3n) is 5.65. The summed E-state index contributed by atoms with van der Waals surface area (Å²) >= 11 is 1.30. The number of hydrogen-bond donors (Lipinski definition) is 3. The summed E-state index contributed by atoms with van der Waals surface area (Å²) in [6.45, 7) is 2.51. The molecular weight excluding hydrogens is 450 g/mol. The first-order valence-corrected chi connectivity index (χ1v) is 12.6. The van der Waals surface area contributed by atoms with Crippen molar-refractivity contribution in [3.8, 4) is 5.75 Å². The molecule has 0 saturated heterocycles. The number of nitrogens with one attached hydrogen (secondary N) is 3. The van der Waals surface area contributed by atoms with Crippen LogP contribution in [0.4, 0.5) is 11.4 Å². The second-order valence-electron chi connectivity index (χ2n) is 8.25. The first kappa shape index (κ1) is 23.8. The maximum absolute atomic E-state index is 12.5. The van der Waals surface area contributed by atoms with Crippen molar-refractivity contribution >= 4 is 35.0 Å². The lowest BCUT2D eigenvalue weighted by Gasteiger charge is -2.08. The smallest absolute Gasteiger partial charge is 0.255 e. The van der Waals surface area contributed by atoms with Crippen LogP contribution < -0.4 is 15.4 Å². The molecule has 0 aliphatic heterocycles. The van der Waals surface area contributed by atoms with Crippen LogP contribution >= 0.6 is 11.8 Å². The Hall–Kier alpha value is -3.33. The summed E-state index contributed by atoms with van der Waals surface area (Å²) in [5, 5.41) is 13.5. The van der Waals surface area contributed by atoms with E-state index in [0.717, 1.165) is 18.0 Å². The lowest BCUT2D eigenvalue weighted by atomic mass is 10.0. The molecule has 1 aliphatic rings. The highest BCUT2D eigenvalue weighted by atomic mass is 32.2. The van der Waals surface area contributed by atoms with E-state index in [9.17, 15) is 9.59 Å². The van der Waals surface area contributed by atoms with E-state index in [0.29, 0.717) is 34.6 Å². The van der Waals surface area contributed by atoms with Crippen LogP contribution in [0.3, 0.4) is 0 Å². The van der Waals surface area contributed by atoms with E-state index in [1.54, 1.807) is 36.4 Å². The van der Waals surface area contributed by atoms with Crippen LogP contribution in [-0.4, -0.2) is 39.4 Å². The van der Waals surface area contributed by atoms with Gasteiger partial charge in [-0.2, -0.15) is 0 Å². The van der Waals surface area contributed by atoms with Crippen molar-refractivity contribution in [2.75, 3.05) is 23.0 Å². The predicted octanol–water partition coefficient (Wildman–Crippen LogP) is 4.92. The molecule has 3 N–H and O–H groups in total. The van der Waals surface area contributed by atoms with Crippen molar-refractivity contribution in [2.45, 2.75) is 44.2 Å². The van der Waals surface area contributed by atoms with Crippen molar-refractivity contribution < 1.29 is 14.3 Å². The molecule has 0 spiro atoms. The lowest BCUT2D eigenvalue weighted by molar-refractivity contribution is -0.113. The number of ether oxygens (including phenoxy) is 1. The van der Waals surface area contributed by atoms with E-state index >= 15 is 0 Å². The van der Waals surface area contributed by atoms with Gasteiger partial charge < -0.3 is 15.4 Å². The monoisotopic (exact) mass is 479 g/mol. The number of rotatable bonds is 10. The number of anilines is 2. The maximum Gasteiger partial charge on any atom is 0.255 e. The zero-order chi connectivity index (χ0) is 23.8. The summed E-state index contributed by atoms with van der Waals surface area (Å²) in [7, 11) is 0. The quantitative estimate of drug-likeness (QED) is 0.356. The van der Waals surface area contributed by atoms with Crippen LogP contribution in [0.2, 0.25) is 0 Å². The zero-order valence-corrected chi connectivity index (χ0v) is 20.0. The number of benzene rings is 2. The normalized spacial score (nSPS) is 13.6. The van der Waals surface area contributed by atoms with Gasteiger partial charge in [-0.3, -0.25) is 14.7 Å². The molecule has 2 amide bonds. The van der Waals surface area contributed by atoms with Gasteiger partial charge in [-0.1, -0.05) is 37.4 Å². The highest BCUT2D eigenvalue weighted by Crippen LogP contribution is 2.27. The van der Waals surface area contributed by atoms with Gasteiger partial charge in [0.25, 0.3) is 5.91 Å². The molecule has 4 rings (SSSR count). The molecule has 1 aliphatic carbocycles. The average molecular weight is 480 g/mol. The fraction of sp³-hybridized carbons (Fsp3) is 0.360. The van der Waals surface area contributed by atoms with Crippen molar-refractivity contribution in [2.24, 2.45) is 5.92 Å². The number of hydrogen-bond acceptors (Lipinski definition) is 6. The van der Waals surface area contributed by atoms with Gasteiger partial charge in [0.2, 0.25) is 11.1 Å². The van der Waals surface area contributed by atoms with Crippen LogP contribution in [-0.2, 0) is 11.2 Å². The van der Waals surface area contributed by atoms with Crippen LogP contribution in [0.15, 0.2) is 53.7 Å². The second-order valence-corrected chi connectivity index (χ2v) is 9.19. The molecule has 9 heteroatoms. The number of thioether (sulfide) groups is 1. The molecule has 1 fully saturated rings. The third-order valence-corrected chi connectivity index (χ3v) is 6.50. The molecule has 1 saturated carbocycles. The summed E-state index contributed by atoms with van der Waals surface area (Å²) in [5.74, 6) is 2.18. The number of carbonyl (C=O) groups is 2. The number of nitrogens with zero attached hydrogens (tertiary/aromatic N) is 2. The number of aromatic nitrogens is 3. The first-order valence-electron chi connectivity index (χ1n) is 11.6. The standard InChI is InChI=1S/C25H29N5O3S/c1-2-33-21-13-11-20(12-14-21)27-24(32)18-7-9-19(10-8-18)26-23(31)16-34-25-28-22(29-30-25)15-17-5-3-4-6-17/h7-14,17H,2-6,15-16H2,1H3,(H,26,31)(H,27,32)(H,28,29,30). The first-order chi connectivity index (χ1) is 16.6. The van der Waals surface area contributed by atoms with Gasteiger partial charge in [0.1, 0.15) is 11.6 Å². The topological polar surface area (TPSA) is 109 Å². The molecule has 0 bridgehead atoms. The number of amides is 2. The van der Waals surface area contributed by atoms with Gasteiger partial charge in [0.15, 0.2) is 0 Å². The Bertz CT molecular complexity index is 1090. The molecule has 34 heavy (non-hydrogen) atoms. The predicted molar refractivity (Wildman–Crippen MR) is 133 cm³/mol. The van der Waals surface area contributed by atoms with Gasteiger partial charge in [-0.15, -0.1) is 5.10 Å². The van der Waals surface area contributed by atoms with Crippen LogP contribution in [0.25, 0.3) is 0 Å². The largest absolute Gasteiger partial charge is 0.494 e. The Kier molecular flexibility index (Phi) is 8.19. The molecule has 0 unspecified atom stereocenters. The minimum atomic E-state index is -0.226. The van der Waals surface area contributed by atoms with E-state index in [-0.39, 0.29) is 17.6 Å². The van der Waals surface area contributed by atoms with Gasteiger partial charge in [-0.25, -0.2) is 4.98 Å². The summed E-state index contributed by atoms with van der Waals surface area (Å²) in [6, 6.07) is 14.0. The van der Waals surface area contributed by atoms with E-state index in [1.165, 1.54) is 37.4 Å². The Morgan fingerprint density at radius 1 is 1.03 bits per heavy atom. The number of aromatic amines is 1. The van der Waals surface area contributed by atoms with E-state index < -0.39 is 0 Å². The SMILES string of the molecule is CCOc1ccc(NC(=O)c2ccc(NC(=O)CSc3n[nH]c(CC4CCCC4)n3)cc2)cc1. The lowest BCUT2D eigenvalue weighted by Crippen LogP contribution is -2.15. The maximum atomic E-state index is 12.5. The molecular formula is C25H29N5O3S. The average Bonchev–Trinajstić information content (AvgIpc) is 3.52. The van der Waals surface area contributed by atoms with E-state index in [2.05, 4.69) is 25.8 Å². The molecule has 1 aromatic heterocycles. The fourth-order valence-corrected chi connectivity index (χ4v) is 4.58. The second kappa shape index (κ2) is 11.7. The molecule has 3 aromatic rings. The molecule has 0 atom stereocenters. The van der Waals surface area contributed by atoms with Gasteiger partial charge in [0.05, 0.1) is 12.4 Å². The summed E-state index contributed by atoms with van der Waals surface area (Å²) in [4.78, 5) is 29.3.